The number of carbonyl (C=O) groups is 1. The molecule has 6 heteroatoms. The van der Waals surface area contributed by atoms with Crippen LogP contribution < -0.4 is 0 Å². The van der Waals surface area contributed by atoms with E-state index in [2.05, 4.69) is 4.74 Å². The molecule has 0 saturated heterocycles. The molecule has 0 aliphatic carbocycles. The Morgan fingerprint density at radius 2 is 1.95 bits per heavy atom. The highest BCUT2D eigenvalue weighted by atomic mass is 32.2. The van der Waals surface area contributed by atoms with Gasteiger partial charge < -0.3 is 4.74 Å². The molecule has 0 spiro atoms. The molecule has 19 heavy (non-hydrogen) atoms. The molecule has 1 aromatic rings. The van der Waals surface area contributed by atoms with Crippen molar-refractivity contribution in [2.75, 3.05) is 20.2 Å². The molecule has 5 nitrogen and oxygen atoms in total. The predicted molar refractivity (Wildman–Crippen MR) is 72.4 cm³/mol. The van der Waals surface area contributed by atoms with Crippen molar-refractivity contribution in [2.24, 2.45) is 0 Å². The fourth-order valence-electron chi connectivity index (χ4n) is 1.70. The molecule has 1 rings (SSSR count). The Morgan fingerprint density at radius 3 is 2.47 bits per heavy atom. The third-order valence-corrected chi connectivity index (χ3v) is 4.91. The summed E-state index contributed by atoms with van der Waals surface area (Å²) >= 11 is 0. The second-order valence-corrected chi connectivity index (χ2v) is 6.18. The normalized spacial score (nSPS) is 11.6. The van der Waals surface area contributed by atoms with Gasteiger partial charge in [0, 0.05) is 6.54 Å². The largest absolute Gasteiger partial charge is 0.468 e. The maximum atomic E-state index is 12.5. The zero-order chi connectivity index (χ0) is 14.6. The van der Waals surface area contributed by atoms with Crippen LogP contribution in [0.4, 0.5) is 0 Å². The molecule has 0 radical (unpaired) electrons. The summed E-state index contributed by atoms with van der Waals surface area (Å²) in [6.07, 6.45) is 0. The first kappa shape index (κ1) is 15.7. The number of aryl methyl sites for hydroxylation is 2. The van der Waals surface area contributed by atoms with E-state index in [1.807, 2.05) is 13.0 Å². The van der Waals surface area contributed by atoms with E-state index >= 15 is 0 Å². The number of esters is 1. The minimum Gasteiger partial charge on any atom is -0.468 e. The maximum absolute atomic E-state index is 12.5. The summed E-state index contributed by atoms with van der Waals surface area (Å²) in [6.45, 7) is 5.19. The van der Waals surface area contributed by atoms with Crippen molar-refractivity contribution in [3.05, 3.63) is 29.3 Å². The van der Waals surface area contributed by atoms with Crippen LogP contribution in [0.1, 0.15) is 18.1 Å². The lowest BCUT2D eigenvalue weighted by molar-refractivity contribution is -0.140. The lowest BCUT2D eigenvalue weighted by Gasteiger charge is -2.20. The van der Waals surface area contributed by atoms with Crippen LogP contribution in [-0.2, 0) is 19.6 Å². The van der Waals surface area contributed by atoms with E-state index in [0.717, 1.165) is 9.87 Å². The lowest BCUT2D eigenvalue weighted by Crippen LogP contribution is -2.36. The minimum absolute atomic E-state index is 0.213. The Morgan fingerprint density at radius 1 is 1.32 bits per heavy atom. The van der Waals surface area contributed by atoms with Crippen LogP contribution in [0.2, 0.25) is 0 Å². The highest BCUT2D eigenvalue weighted by Gasteiger charge is 2.27. The van der Waals surface area contributed by atoms with Gasteiger partial charge in [-0.1, -0.05) is 19.1 Å². The minimum atomic E-state index is -3.68. The summed E-state index contributed by atoms with van der Waals surface area (Å²) in [5, 5.41) is 0. The molecule has 0 unspecified atom stereocenters. The topological polar surface area (TPSA) is 63.7 Å². The van der Waals surface area contributed by atoms with Crippen LogP contribution in [0.15, 0.2) is 23.1 Å². The summed E-state index contributed by atoms with van der Waals surface area (Å²) in [5.74, 6) is -0.573. The van der Waals surface area contributed by atoms with Crippen molar-refractivity contribution in [3.63, 3.8) is 0 Å². The molecule has 0 aromatic heterocycles. The molecular weight excluding hydrogens is 266 g/mol. The van der Waals surface area contributed by atoms with Gasteiger partial charge in [0.25, 0.3) is 0 Å². The van der Waals surface area contributed by atoms with Gasteiger partial charge in [0.15, 0.2) is 0 Å². The number of ether oxygens (including phenoxy) is 1. The average Bonchev–Trinajstić information content (AvgIpc) is 2.37. The molecule has 0 fully saturated rings. The van der Waals surface area contributed by atoms with E-state index < -0.39 is 16.0 Å². The highest BCUT2D eigenvalue weighted by Crippen LogP contribution is 2.21. The van der Waals surface area contributed by atoms with E-state index in [1.54, 1.807) is 26.0 Å². The van der Waals surface area contributed by atoms with Gasteiger partial charge in [-0.2, -0.15) is 4.31 Å². The fourth-order valence-corrected chi connectivity index (χ4v) is 3.40. The van der Waals surface area contributed by atoms with Gasteiger partial charge in [-0.25, -0.2) is 8.42 Å². The van der Waals surface area contributed by atoms with Crippen molar-refractivity contribution in [1.82, 2.24) is 4.31 Å². The van der Waals surface area contributed by atoms with Crippen molar-refractivity contribution >= 4 is 16.0 Å². The Balaban J connectivity index is 3.20. The first-order valence-corrected chi connectivity index (χ1v) is 7.41. The van der Waals surface area contributed by atoms with Crippen molar-refractivity contribution in [2.45, 2.75) is 25.7 Å². The number of methoxy groups -OCH3 is 1. The Kier molecular flexibility index (Phi) is 5.08. The van der Waals surface area contributed by atoms with Gasteiger partial charge in [0.05, 0.1) is 12.0 Å². The number of rotatable bonds is 5. The smallest absolute Gasteiger partial charge is 0.321 e. The van der Waals surface area contributed by atoms with Crippen LogP contribution in [0, 0.1) is 13.8 Å². The molecule has 0 atom stereocenters. The van der Waals surface area contributed by atoms with Crippen LogP contribution in [-0.4, -0.2) is 38.9 Å². The van der Waals surface area contributed by atoms with Crippen LogP contribution in [0.25, 0.3) is 0 Å². The van der Waals surface area contributed by atoms with Gasteiger partial charge in [0.2, 0.25) is 10.0 Å². The molecule has 1 aromatic carbocycles. The molecule has 0 bridgehead atoms. The van der Waals surface area contributed by atoms with Crippen molar-refractivity contribution in [1.29, 1.82) is 0 Å². The summed E-state index contributed by atoms with van der Waals surface area (Å²) in [4.78, 5) is 11.5. The van der Waals surface area contributed by atoms with Crippen LogP contribution in [0.5, 0.6) is 0 Å². The number of likely N-dealkylation sites (N-methyl/N-ethyl adjacent to an activating group) is 1. The van der Waals surface area contributed by atoms with Crippen LogP contribution in [0.3, 0.4) is 0 Å². The van der Waals surface area contributed by atoms with Crippen LogP contribution >= 0.6 is 0 Å². The molecule has 0 N–H and O–H groups in total. The summed E-state index contributed by atoms with van der Waals surface area (Å²) in [6, 6.07) is 5.23. The number of carbonyl (C=O) groups excluding carboxylic acids is 1. The highest BCUT2D eigenvalue weighted by molar-refractivity contribution is 7.89. The Bertz CT molecular complexity index is 566. The average molecular weight is 285 g/mol. The van der Waals surface area contributed by atoms with Gasteiger partial charge in [-0.05, 0) is 31.0 Å². The summed E-state index contributed by atoms with van der Waals surface area (Å²) < 4.78 is 30.6. The van der Waals surface area contributed by atoms with Crippen molar-refractivity contribution in [3.8, 4) is 0 Å². The summed E-state index contributed by atoms with van der Waals surface area (Å²) in [7, 11) is -2.44. The second kappa shape index (κ2) is 6.16. The monoisotopic (exact) mass is 285 g/mol. The second-order valence-electron chi connectivity index (χ2n) is 4.28. The molecule has 0 amide bonds. The first-order chi connectivity index (χ1) is 8.82. The molecule has 0 aliphatic heterocycles. The first-order valence-electron chi connectivity index (χ1n) is 5.97. The molecule has 0 aliphatic rings. The van der Waals surface area contributed by atoms with E-state index in [-0.39, 0.29) is 18.0 Å². The van der Waals surface area contributed by atoms with Gasteiger partial charge in [-0.15, -0.1) is 0 Å². The van der Waals surface area contributed by atoms with Gasteiger partial charge in [-0.3, -0.25) is 4.79 Å². The predicted octanol–water partition coefficient (Wildman–Crippen LogP) is 1.49. The van der Waals surface area contributed by atoms with Gasteiger partial charge in [0.1, 0.15) is 6.54 Å². The van der Waals surface area contributed by atoms with Gasteiger partial charge >= 0.3 is 5.97 Å². The maximum Gasteiger partial charge on any atom is 0.321 e. The molecule has 0 heterocycles. The Hall–Kier alpha value is -1.40. The fraction of sp³-hybridized carbons (Fsp3) is 0.462. The third-order valence-electron chi connectivity index (χ3n) is 2.85. The van der Waals surface area contributed by atoms with E-state index in [1.165, 1.54) is 7.11 Å². The third kappa shape index (κ3) is 3.54. The lowest BCUT2D eigenvalue weighted by atomic mass is 10.2. The van der Waals surface area contributed by atoms with Crippen molar-refractivity contribution < 1.29 is 17.9 Å². The number of sulfonamides is 1. The number of hydrogen-bond acceptors (Lipinski definition) is 4. The quantitative estimate of drug-likeness (QED) is 0.769. The zero-order valence-corrected chi connectivity index (χ0v) is 12.5. The number of nitrogens with zero attached hydrogens (tertiary/aromatic N) is 1. The Labute approximate surface area is 114 Å². The summed E-state index contributed by atoms with van der Waals surface area (Å²) in [5.41, 5.74) is 1.52. The molecular formula is C13H19NO4S. The number of hydrogen-bond donors (Lipinski definition) is 0. The van der Waals surface area contributed by atoms with E-state index in [9.17, 15) is 13.2 Å². The zero-order valence-electron chi connectivity index (χ0n) is 11.6. The molecule has 106 valence electrons. The SMILES string of the molecule is CCN(CC(=O)OC)S(=O)(=O)c1cc(C)ccc1C. The van der Waals surface area contributed by atoms with E-state index in [0.29, 0.717) is 5.56 Å². The molecule has 0 saturated carbocycles. The van der Waals surface area contributed by atoms with E-state index in [4.69, 9.17) is 0 Å². The number of benzene rings is 1. The standard InChI is InChI=1S/C13H19NO4S/c1-5-14(9-13(15)18-4)19(16,17)12-8-10(2)6-7-11(12)3/h6-8H,5,9H2,1-4H3.